The fourth-order valence-electron chi connectivity index (χ4n) is 2.54. The Morgan fingerprint density at radius 2 is 2.00 bits per heavy atom. The van der Waals surface area contributed by atoms with Crippen LogP contribution in [0.4, 0.5) is 0 Å². The zero-order chi connectivity index (χ0) is 14.9. The maximum absolute atomic E-state index is 12.6. The summed E-state index contributed by atoms with van der Waals surface area (Å²) < 4.78 is 0.980. The molecule has 1 saturated heterocycles. The molecule has 1 aromatic carbocycles. The van der Waals surface area contributed by atoms with Gasteiger partial charge in [-0.15, -0.1) is 0 Å². The van der Waals surface area contributed by atoms with Gasteiger partial charge in [0.2, 0.25) is 0 Å². The Morgan fingerprint density at radius 3 is 2.65 bits per heavy atom. The van der Waals surface area contributed by atoms with Gasteiger partial charge in [0.05, 0.1) is 5.92 Å². The zero-order valence-corrected chi connectivity index (χ0v) is 13.2. The Bertz CT molecular complexity index is 556. The summed E-state index contributed by atoms with van der Waals surface area (Å²) in [7, 11) is 0. The summed E-state index contributed by atoms with van der Waals surface area (Å²) in [5.74, 6) is -1.32. The molecule has 108 valence electrons. The zero-order valence-electron chi connectivity index (χ0n) is 11.6. The van der Waals surface area contributed by atoms with Gasteiger partial charge in [-0.25, -0.2) is 0 Å². The van der Waals surface area contributed by atoms with Gasteiger partial charge in [-0.3, -0.25) is 9.59 Å². The molecular weight excluding hydrogens is 322 g/mol. The lowest BCUT2D eigenvalue weighted by Crippen LogP contribution is -2.42. The van der Waals surface area contributed by atoms with Crippen molar-refractivity contribution in [2.24, 2.45) is 5.92 Å². The monoisotopic (exact) mass is 339 g/mol. The molecule has 1 heterocycles. The number of aryl methyl sites for hydroxylation is 2. The number of aliphatic carboxylic acids is 1. The Labute approximate surface area is 126 Å². The summed E-state index contributed by atoms with van der Waals surface area (Å²) in [6.45, 7) is 4.78. The summed E-state index contributed by atoms with van der Waals surface area (Å²) in [6.07, 6.45) is 1.40. The van der Waals surface area contributed by atoms with Crippen LogP contribution >= 0.6 is 15.9 Å². The molecule has 2 rings (SSSR count). The smallest absolute Gasteiger partial charge is 0.308 e. The maximum Gasteiger partial charge on any atom is 0.308 e. The van der Waals surface area contributed by atoms with Gasteiger partial charge in [0.1, 0.15) is 0 Å². The van der Waals surface area contributed by atoms with E-state index in [1.165, 1.54) is 0 Å². The van der Waals surface area contributed by atoms with E-state index in [0.717, 1.165) is 22.0 Å². The average molecular weight is 340 g/mol. The van der Waals surface area contributed by atoms with Crippen molar-refractivity contribution in [1.82, 2.24) is 4.90 Å². The standard InChI is InChI=1S/C15H18BrNO3/c1-9-7-13(16)10(2)6-12(9)14(18)17-5-3-4-11(8-17)15(19)20/h6-7,11H,3-5,8H2,1-2H3,(H,19,20)/t11-/m0/s1. The van der Waals surface area contributed by atoms with Crippen LogP contribution in [0.2, 0.25) is 0 Å². The molecule has 0 bridgehead atoms. The summed E-state index contributed by atoms with van der Waals surface area (Å²) in [4.78, 5) is 25.3. The molecule has 1 amide bonds. The third kappa shape index (κ3) is 3.03. The normalized spacial score (nSPS) is 18.9. The Hall–Kier alpha value is -1.36. The van der Waals surface area contributed by atoms with Crippen molar-refractivity contribution < 1.29 is 14.7 Å². The molecule has 0 saturated carbocycles. The van der Waals surface area contributed by atoms with Crippen molar-refractivity contribution in [2.45, 2.75) is 26.7 Å². The number of rotatable bonds is 2. The van der Waals surface area contributed by atoms with E-state index in [0.29, 0.717) is 25.1 Å². The van der Waals surface area contributed by atoms with Crippen LogP contribution in [0.25, 0.3) is 0 Å². The molecule has 0 spiro atoms. The number of hydrogen-bond acceptors (Lipinski definition) is 2. The van der Waals surface area contributed by atoms with Crippen molar-refractivity contribution in [1.29, 1.82) is 0 Å². The van der Waals surface area contributed by atoms with Gasteiger partial charge in [-0.2, -0.15) is 0 Å². The van der Waals surface area contributed by atoms with Crippen LogP contribution in [0.3, 0.4) is 0 Å². The molecule has 5 heteroatoms. The number of carboxylic acid groups (broad SMARTS) is 1. The first kappa shape index (κ1) is 15.0. The largest absolute Gasteiger partial charge is 0.481 e. The minimum atomic E-state index is -0.814. The van der Waals surface area contributed by atoms with Crippen LogP contribution in [0.15, 0.2) is 16.6 Å². The minimum absolute atomic E-state index is 0.0657. The predicted octanol–water partition coefficient (Wildman–Crippen LogP) is 3.00. The third-order valence-corrected chi connectivity index (χ3v) is 4.65. The molecule has 1 aliphatic rings. The van der Waals surface area contributed by atoms with Gasteiger partial charge in [-0.1, -0.05) is 15.9 Å². The van der Waals surface area contributed by atoms with E-state index in [4.69, 9.17) is 5.11 Å². The van der Waals surface area contributed by atoms with E-state index in [-0.39, 0.29) is 5.91 Å². The van der Waals surface area contributed by atoms with E-state index in [2.05, 4.69) is 15.9 Å². The number of halogens is 1. The predicted molar refractivity (Wildman–Crippen MR) is 79.9 cm³/mol. The van der Waals surface area contributed by atoms with Crippen LogP contribution < -0.4 is 0 Å². The first-order valence-electron chi connectivity index (χ1n) is 6.69. The first-order valence-corrected chi connectivity index (χ1v) is 7.48. The van der Waals surface area contributed by atoms with Gasteiger partial charge in [0, 0.05) is 23.1 Å². The molecule has 4 nitrogen and oxygen atoms in total. The number of carbonyl (C=O) groups excluding carboxylic acids is 1. The van der Waals surface area contributed by atoms with E-state index in [1.54, 1.807) is 4.90 Å². The fourth-order valence-corrected chi connectivity index (χ4v) is 3.00. The molecule has 0 unspecified atom stereocenters. The number of likely N-dealkylation sites (tertiary alicyclic amines) is 1. The molecule has 1 atom stereocenters. The molecule has 1 aromatic rings. The number of piperidine rings is 1. The first-order chi connectivity index (χ1) is 9.40. The molecule has 0 radical (unpaired) electrons. The quantitative estimate of drug-likeness (QED) is 0.900. The van der Waals surface area contributed by atoms with E-state index < -0.39 is 11.9 Å². The summed E-state index contributed by atoms with van der Waals surface area (Å²) in [5, 5.41) is 9.10. The highest BCUT2D eigenvalue weighted by Gasteiger charge is 2.29. The Morgan fingerprint density at radius 1 is 1.30 bits per heavy atom. The summed E-state index contributed by atoms with van der Waals surface area (Å²) >= 11 is 3.45. The number of amides is 1. The molecule has 1 N–H and O–H groups in total. The van der Waals surface area contributed by atoms with E-state index in [9.17, 15) is 9.59 Å². The average Bonchev–Trinajstić information content (AvgIpc) is 2.42. The second-order valence-electron chi connectivity index (χ2n) is 5.34. The van der Waals surface area contributed by atoms with Crippen molar-refractivity contribution in [3.05, 3.63) is 33.3 Å². The molecule has 0 aliphatic carbocycles. The number of benzene rings is 1. The van der Waals surface area contributed by atoms with Crippen molar-refractivity contribution >= 4 is 27.8 Å². The highest BCUT2D eigenvalue weighted by Crippen LogP contribution is 2.24. The number of hydrogen-bond donors (Lipinski definition) is 1. The maximum atomic E-state index is 12.6. The molecule has 0 aromatic heterocycles. The van der Waals surface area contributed by atoms with Crippen LogP contribution in [0, 0.1) is 19.8 Å². The highest BCUT2D eigenvalue weighted by molar-refractivity contribution is 9.10. The SMILES string of the molecule is Cc1cc(C(=O)N2CCC[C@H](C(=O)O)C2)c(C)cc1Br. The minimum Gasteiger partial charge on any atom is -0.481 e. The van der Waals surface area contributed by atoms with Gasteiger partial charge in [-0.05, 0) is 49.9 Å². The number of carbonyl (C=O) groups is 2. The molecule has 20 heavy (non-hydrogen) atoms. The molecule has 1 aliphatic heterocycles. The van der Waals surface area contributed by atoms with Gasteiger partial charge >= 0.3 is 5.97 Å². The molecular formula is C15H18BrNO3. The second-order valence-corrected chi connectivity index (χ2v) is 6.20. The summed E-state index contributed by atoms with van der Waals surface area (Å²) in [5.41, 5.74) is 2.58. The Balaban J connectivity index is 2.23. The lowest BCUT2D eigenvalue weighted by atomic mass is 9.96. The summed E-state index contributed by atoms with van der Waals surface area (Å²) in [6, 6.07) is 3.80. The third-order valence-electron chi connectivity index (χ3n) is 3.79. The second kappa shape index (κ2) is 5.95. The van der Waals surface area contributed by atoms with E-state index in [1.807, 2.05) is 26.0 Å². The van der Waals surface area contributed by atoms with Crippen LogP contribution in [-0.4, -0.2) is 35.0 Å². The number of carboxylic acids is 1. The lowest BCUT2D eigenvalue weighted by molar-refractivity contribution is -0.143. The van der Waals surface area contributed by atoms with Gasteiger partial charge < -0.3 is 10.0 Å². The van der Waals surface area contributed by atoms with Crippen LogP contribution in [0.1, 0.15) is 34.3 Å². The van der Waals surface area contributed by atoms with E-state index >= 15 is 0 Å². The molecule has 1 fully saturated rings. The van der Waals surface area contributed by atoms with Gasteiger partial charge in [0.15, 0.2) is 0 Å². The van der Waals surface area contributed by atoms with Crippen molar-refractivity contribution in [2.75, 3.05) is 13.1 Å². The highest BCUT2D eigenvalue weighted by atomic mass is 79.9. The van der Waals surface area contributed by atoms with Crippen LogP contribution in [0.5, 0.6) is 0 Å². The fraction of sp³-hybridized carbons (Fsp3) is 0.467. The van der Waals surface area contributed by atoms with Gasteiger partial charge in [0.25, 0.3) is 5.91 Å². The van der Waals surface area contributed by atoms with Crippen molar-refractivity contribution in [3.63, 3.8) is 0 Å². The number of nitrogens with zero attached hydrogens (tertiary/aromatic N) is 1. The van der Waals surface area contributed by atoms with Crippen LogP contribution in [-0.2, 0) is 4.79 Å². The Kier molecular flexibility index (Phi) is 4.48. The topological polar surface area (TPSA) is 57.6 Å². The van der Waals surface area contributed by atoms with Crippen molar-refractivity contribution in [3.8, 4) is 0 Å². The lowest BCUT2D eigenvalue weighted by Gasteiger charge is -2.31.